The highest BCUT2D eigenvalue weighted by Gasteiger charge is 2.00. The number of amides is 1. The van der Waals surface area contributed by atoms with Gasteiger partial charge in [0.2, 0.25) is 0 Å². The van der Waals surface area contributed by atoms with Gasteiger partial charge in [-0.3, -0.25) is 0 Å². The Morgan fingerprint density at radius 1 is 1.09 bits per heavy atom. The zero-order valence-corrected chi connectivity index (χ0v) is 14.3. The van der Waals surface area contributed by atoms with Crippen molar-refractivity contribution in [1.29, 1.82) is 0 Å². The molecule has 0 saturated carbocycles. The molecule has 23 heavy (non-hydrogen) atoms. The molecule has 2 aromatic carbocycles. The summed E-state index contributed by atoms with van der Waals surface area (Å²) in [5.41, 5.74) is 3.14. The number of benzene rings is 2. The Balaban J connectivity index is 1.69. The van der Waals surface area contributed by atoms with Gasteiger partial charge in [0.25, 0.3) is 0 Å². The van der Waals surface area contributed by atoms with Crippen LogP contribution in [0.25, 0.3) is 0 Å². The van der Waals surface area contributed by atoms with Gasteiger partial charge >= 0.3 is 6.09 Å². The lowest BCUT2D eigenvalue weighted by Crippen LogP contribution is -2.24. The first-order chi connectivity index (χ1) is 11.3. The second-order valence-electron chi connectivity index (χ2n) is 4.83. The normalized spacial score (nSPS) is 9.61. The first kappa shape index (κ1) is 17.1. The van der Waals surface area contributed by atoms with E-state index in [0.717, 1.165) is 22.0 Å². The zero-order chi connectivity index (χ0) is 16.3. The van der Waals surface area contributed by atoms with Crippen molar-refractivity contribution in [3.05, 3.63) is 71.3 Å². The molecule has 0 heterocycles. The predicted molar refractivity (Wildman–Crippen MR) is 95.2 cm³/mol. The minimum absolute atomic E-state index is 0.275. The highest BCUT2D eigenvalue weighted by molar-refractivity contribution is 9.08. The molecule has 0 aliphatic heterocycles. The molecular weight excluding hydrogens is 354 g/mol. The summed E-state index contributed by atoms with van der Waals surface area (Å²) in [6.07, 6.45) is 0.161. The van der Waals surface area contributed by atoms with Crippen molar-refractivity contribution in [1.82, 2.24) is 5.32 Å². The molecule has 0 radical (unpaired) electrons. The summed E-state index contributed by atoms with van der Waals surface area (Å²) in [6, 6.07) is 17.6. The number of alkyl halides is 1. The van der Waals surface area contributed by atoms with Gasteiger partial charge in [-0.2, -0.15) is 0 Å². The minimum atomic E-state index is -0.420. The van der Waals surface area contributed by atoms with E-state index in [9.17, 15) is 4.79 Å². The summed E-state index contributed by atoms with van der Waals surface area (Å²) < 4.78 is 5.13. The Kier molecular flexibility index (Phi) is 7.22. The summed E-state index contributed by atoms with van der Waals surface area (Å²) in [6.45, 7) is 0.744. The largest absolute Gasteiger partial charge is 0.445 e. The fourth-order valence-corrected chi connectivity index (χ4v) is 2.41. The maximum Gasteiger partial charge on any atom is 0.407 e. The maximum absolute atomic E-state index is 11.6. The van der Waals surface area contributed by atoms with Crippen molar-refractivity contribution < 1.29 is 9.53 Å². The highest BCUT2D eigenvalue weighted by atomic mass is 79.9. The van der Waals surface area contributed by atoms with Crippen LogP contribution in [0, 0.1) is 11.8 Å². The molecule has 3 nitrogen and oxygen atoms in total. The van der Waals surface area contributed by atoms with Gasteiger partial charge in [-0.15, -0.1) is 0 Å². The Morgan fingerprint density at radius 2 is 1.83 bits per heavy atom. The SMILES string of the molecule is O=C(NCCC#Cc1ccccc1CBr)OCc1ccccc1. The molecule has 0 aromatic heterocycles. The third-order valence-electron chi connectivity index (χ3n) is 3.12. The second-order valence-corrected chi connectivity index (χ2v) is 5.39. The third-order valence-corrected chi connectivity index (χ3v) is 3.72. The van der Waals surface area contributed by atoms with Gasteiger partial charge in [0.05, 0.1) is 0 Å². The highest BCUT2D eigenvalue weighted by Crippen LogP contribution is 2.10. The monoisotopic (exact) mass is 371 g/mol. The third kappa shape index (κ3) is 6.17. The van der Waals surface area contributed by atoms with Gasteiger partial charge in [-0.25, -0.2) is 4.79 Å². The minimum Gasteiger partial charge on any atom is -0.445 e. The van der Waals surface area contributed by atoms with E-state index in [0.29, 0.717) is 13.0 Å². The predicted octanol–water partition coefficient (Wildman–Crippen LogP) is 4.25. The van der Waals surface area contributed by atoms with Crippen LogP contribution < -0.4 is 5.32 Å². The van der Waals surface area contributed by atoms with Crippen LogP contribution in [-0.2, 0) is 16.7 Å². The molecule has 0 fully saturated rings. The Labute approximate surface area is 145 Å². The molecule has 2 aromatic rings. The van der Waals surface area contributed by atoms with Gasteiger partial charge in [0, 0.05) is 23.9 Å². The van der Waals surface area contributed by atoms with E-state index in [1.807, 2.05) is 54.6 Å². The topological polar surface area (TPSA) is 38.3 Å². The summed E-state index contributed by atoms with van der Waals surface area (Å²) in [4.78, 5) is 11.6. The van der Waals surface area contributed by atoms with Crippen molar-refractivity contribution in [3.8, 4) is 11.8 Å². The first-order valence-corrected chi connectivity index (χ1v) is 8.49. The lowest BCUT2D eigenvalue weighted by Gasteiger charge is -2.05. The molecule has 0 atom stereocenters. The average Bonchev–Trinajstić information content (AvgIpc) is 2.61. The first-order valence-electron chi connectivity index (χ1n) is 7.37. The van der Waals surface area contributed by atoms with Crippen molar-refractivity contribution in [3.63, 3.8) is 0 Å². The Morgan fingerprint density at radius 3 is 2.61 bits per heavy atom. The van der Waals surface area contributed by atoms with Crippen LogP contribution in [-0.4, -0.2) is 12.6 Å². The van der Waals surface area contributed by atoms with Crippen LogP contribution in [0.1, 0.15) is 23.1 Å². The molecule has 1 N–H and O–H groups in total. The van der Waals surface area contributed by atoms with Gasteiger partial charge in [0.15, 0.2) is 0 Å². The molecule has 118 valence electrons. The van der Waals surface area contributed by atoms with E-state index < -0.39 is 6.09 Å². The number of carbonyl (C=O) groups is 1. The van der Waals surface area contributed by atoms with E-state index in [2.05, 4.69) is 33.1 Å². The van der Waals surface area contributed by atoms with Crippen molar-refractivity contribution in [2.24, 2.45) is 0 Å². The smallest absolute Gasteiger partial charge is 0.407 e. The van der Waals surface area contributed by atoms with Gasteiger partial charge < -0.3 is 10.1 Å². The van der Waals surface area contributed by atoms with Crippen LogP contribution in [0.4, 0.5) is 4.79 Å². The second kappa shape index (κ2) is 9.70. The summed E-state index contributed by atoms with van der Waals surface area (Å²) in [7, 11) is 0. The maximum atomic E-state index is 11.6. The molecule has 2 rings (SSSR count). The molecular formula is C19H18BrNO2. The van der Waals surface area contributed by atoms with E-state index in [1.54, 1.807) is 0 Å². The fraction of sp³-hybridized carbons (Fsp3) is 0.211. The van der Waals surface area contributed by atoms with Crippen LogP contribution >= 0.6 is 15.9 Å². The average molecular weight is 372 g/mol. The van der Waals surface area contributed by atoms with Gasteiger partial charge in [0.1, 0.15) is 6.61 Å². The van der Waals surface area contributed by atoms with E-state index in [-0.39, 0.29) is 6.61 Å². The number of carbonyl (C=O) groups excluding carboxylic acids is 1. The van der Waals surface area contributed by atoms with Crippen molar-refractivity contribution >= 4 is 22.0 Å². The molecule has 0 saturated heterocycles. The van der Waals surface area contributed by atoms with E-state index >= 15 is 0 Å². The molecule has 4 heteroatoms. The fourth-order valence-electron chi connectivity index (χ4n) is 1.92. The van der Waals surface area contributed by atoms with E-state index in [4.69, 9.17) is 4.74 Å². The number of halogens is 1. The summed E-state index contributed by atoms with van der Waals surface area (Å²) in [5, 5.41) is 3.47. The molecule has 0 bridgehead atoms. The number of hydrogen-bond donors (Lipinski definition) is 1. The Bertz CT molecular complexity index is 689. The molecule has 0 aliphatic carbocycles. The lowest BCUT2D eigenvalue weighted by molar-refractivity contribution is 0.140. The molecule has 1 amide bonds. The van der Waals surface area contributed by atoms with Crippen LogP contribution in [0.15, 0.2) is 54.6 Å². The molecule has 0 aliphatic rings. The van der Waals surface area contributed by atoms with Crippen LogP contribution in [0.2, 0.25) is 0 Å². The lowest BCUT2D eigenvalue weighted by atomic mass is 10.1. The summed E-state index contributed by atoms with van der Waals surface area (Å²) in [5.74, 6) is 6.19. The number of rotatable bonds is 5. The molecule has 0 unspecified atom stereocenters. The van der Waals surface area contributed by atoms with Crippen LogP contribution in [0.3, 0.4) is 0 Å². The molecule has 0 spiro atoms. The van der Waals surface area contributed by atoms with Crippen molar-refractivity contribution in [2.75, 3.05) is 6.54 Å². The quantitative estimate of drug-likeness (QED) is 0.484. The zero-order valence-electron chi connectivity index (χ0n) is 12.7. The number of hydrogen-bond acceptors (Lipinski definition) is 2. The van der Waals surface area contributed by atoms with Crippen LogP contribution in [0.5, 0.6) is 0 Å². The van der Waals surface area contributed by atoms with E-state index in [1.165, 1.54) is 0 Å². The van der Waals surface area contributed by atoms with Crippen molar-refractivity contribution in [2.45, 2.75) is 18.4 Å². The number of alkyl carbamates (subject to hydrolysis) is 1. The van der Waals surface area contributed by atoms with Gasteiger partial charge in [-0.05, 0) is 17.2 Å². The Hall–Kier alpha value is -2.25. The number of ether oxygens (including phenoxy) is 1. The summed E-state index contributed by atoms with van der Waals surface area (Å²) >= 11 is 3.45. The number of nitrogens with one attached hydrogen (secondary N) is 1. The standard InChI is InChI=1S/C19H18BrNO2/c20-14-18-12-5-4-10-17(18)11-6-7-13-21-19(22)23-15-16-8-2-1-3-9-16/h1-5,8-10,12H,7,13-15H2,(H,21,22). The van der Waals surface area contributed by atoms with Gasteiger partial charge in [-0.1, -0.05) is 76.3 Å².